The normalized spacial score (nSPS) is 20.7. The van der Waals surface area contributed by atoms with Crippen LogP contribution in [-0.4, -0.2) is 5.11 Å². The van der Waals surface area contributed by atoms with Crippen LogP contribution in [0.5, 0.6) is 0 Å². The monoisotopic (exact) mass is 254 g/mol. The second-order valence-electron chi connectivity index (χ2n) is 4.10. The van der Waals surface area contributed by atoms with Gasteiger partial charge < -0.3 is 5.11 Å². The number of benzene rings is 1. The zero-order chi connectivity index (χ0) is 10.0. The third kappa shape index (κ3) is 2.01. The molecular weight excluding hydrogens is 240 g/mol. The molecule has 0 bridgehead atoms. The first-order valence-electron chi connectivity index (χ1n) is 5.19. The summed E-state index contributed by atoms with van der Waals surface area (Å²) < 4.78 is 1.05. The van der Waals surface area contributed by atoms with Gasteiger partial charge in [-0.2, -0.15) is 0 Å². The highest BCUT2D eigenvalue weighted by Gasteiger charge is 2.30. The summed E-state index contributed by atoms with van der Waals surface area (Å²) in [5.74, 6) is 0. The van der Waals surface area contributed by atoms with E-state index in [9.17, 15) is 5.11 Å². The minimum atomic E-state index is -0.567. The van der Waals surface area contributed by atoms with Crippen molar-refractivity contribution in [1.82, 2.24) is 0 Å². The molecule has 0 unspecified atom stereocenters. The van der Waals surface area contributed by atoms with Crippen molar-refractivity contribution >= 4 is 15.9 Å². The van der Waals surface area contributed by atoms with Gasteiger partial charge in [0.25, 0.3) is 0 Å². The molecule has 14 heavy (non-hydrogen) atoms. The molecule has 2 rings (SSSR count). The van der Waals surface area contributed by atoms with E-state index in [2.05, 4.69) is 15.9 Å². The van der Waals surface area contributed by atoms with E-state index in [0.717, 1.165) is 35.7 Å². The fourth-order valence-corrected chi connectivity index (χ4v) is 2.60. The van der Waals surface area contributed by atoms with E-state index < -0.39 is 5.60 Å². The van der Waals surface area contributed by atoms with E-state index >= 15 is 0 Å². The molecule has 0 atom stereocenters. The van der Waals surface area contributed by atoms with Gasteiger partial charge in [0.05, 0.1) is 5.60 Å². The number of hydrogen-bond donors (Lipinski definition) is 1. The summed E-state index contributed by atoms with van der Waals surface area (Å²) in [5, 5.41) is 10.4. The van der Waals surface area contributed by atoms with Crippen molar-refractivity contribution in [3.05, 3.63) is 34.3 Å². The maximum absolute atomic E-state index is 10.4. The smallest absolute Gasteiger partial charge is 0.0897 e. The van der Waals surface area contributed by atoms with E-state index in [1.807, 2.05) is 24.3 Å². The first kappa shape index (κ1) is 10.2. The summed E-state index contributed by atoms with van der Waals surface area (Å²) >= 11 is 3.44. The quantitative estimate of drug-likeness (QED) is 0.812. The molecule has 0 spiro atoms. The lowest BCUT2D eigenvalue weighted by molar-refractivity contribution is -0.000674. The fourth-order valence-electron chi connectivity index (χ4n) is 2.20. The van der Waals surface area contributed by atoms with Gasteiger partial charge in [-0.05, 0) is 30.5 Å². The zero-order valence-corrected chi connectivity index (χ0v) is 9.76. The molecule has 1 nitrogen and oxygen atoms in total. The van der Waals surface area contributed by atoms with Crippen LogP contribution in [-0.2, 0) is 5.60 Å². The standard InChI is InChI=1S/C12H15BrO/c13-11-6-4-5-10(9-11)12(14)7-2-1-3-8-12/h4-6,9,14H,1-3,7-8H2. The summed E-state index contributed by atoms with van der Waals surface area (Å²) in [6.45, 7) is 0. The Morgan fingerprint density at radius 1 is 1.14 bits per heavy atom. The lowest BCUT2D eigenvalue weighted by Gasteiger charge is -2.32. The molecule has 1 N–H and O–H groups in total. The minimum absolute atomic E-state index is 0.567. The third-order valence-corrected chi connectivity index (χ3v) is 3.54. The fraction of sp³-hybridized carbons (Fsp3) is 0.500. The van der Waals surface area contributed by atoms with E-state index in [1.165, 1.54) is 6.42 Å². The average Bonchev–Trinajstić information content (AvgIpc) is 2.19. The molecule has 1 saturated carbocycles. The first-order chi connectivity index (χ1) is 6.71. The largest absolute Gasteiger partial charge is 0.385 e. The maximum Gasteiger partial charge on any atom is 0.0897 e. The molecule has 1 aromatic carbocycles. The molecule has 0 heterocycles. The molecule has 1 fully saturated rings. The van der Waals surface area contributed by atoms with E-state index in [0.29, 0.717) is 0 Å². The topological polar surface area (TPSA) is 20.2 Å². The Morgan fingerprint density at radius 3 is 2.50 bits per heavy atom. The molecule has 1 aliphatic carbocycles. The Balaban J connectivity index is 2.28. The molecular formula is C12H15BrO. The Kier molecular flexibility index (Phi) is 2.93. The lowest BCUT2D eigenvalue weighted by Crippen LogP contribution is -2.28. The number of halogens is 1. The van der Waals surface area contributed by atoms with Gasteiger partial charge in [0.1, 0.15) is 0 Å². The van der Waals surface area contributed by atoms with Gasteiger partial charge in [0, 0.05) is 4.47 Å². The Labute approximate surface area is 93.3 Å². The van der Waals surface area contributed by atoms with Crippen LogP contribution in [0.3, 0.4) is 0 Å². The number of rotatable bonds is 1. The molecule has 1 aliphatic rings. The summed E-state index contributed by atoms with van der Waals surface area (Å²) in [5.41, 5.74) is 0.494. The van der Waals surface area contributed by atoms with Gasteiger partial charge in [-0.15, -0.1) is 0 Å². The second kappa shape index (κ2) is 4.03. The highest BCUT2D eigenvalue weighted by Crippen LogP contribution is 2.37. The maximum atomic E-state index is 10.4. The Bertz CT molecular complexity index is 316. The minimum Gasteiger partial charge on any atom is -0.385 e. The van der Waals surface area contributed by atoms with Crippen LogP contribution in [0, 0.1) is 0 Å². The zero-order valence-electron chi connectivity index (χ0n) is 8.17. The van der Waals surface area contributed by atoms with Crippen LogP contribution in [0.25, 0.3) is 0 Å². The van der Waals surface area contributed by atoms with Crippen LogP contribution >= 0.6 is 15.9 Å². The summed E-state index contributed by atoms with van der Waals surface area (Å²) in [6.07, 6.45) is 5.36. The van der Waals surface area contributed by atoms with Gasteiger partial charge in [-0.25, -0.2) is 0 Å². The molecule has 2 heteroatoms. The number of hydrogen-bond acceptors (Lipinski definition) is 1. The van der Waals surface area contributed by atoms with Gasteiger partial charge >= 0.3 is 0 Å². The molecule has 0 amide bonds. The average molecular weight is 255 g/mol. The highest BCUT2D eigenvalue weighted by molar-refractivity contribution is 9.10. The second-order valence-corrected chi connectivity index (χ2v) is 5.02. The van der Waals surface area contributed by atoms with Crippen molar-refractivity contribution in [3.8, 4) is 0 Å². The van der Waals surface area contributed by atoms with Crippen LogP contribution in [0.1, 0.15) is 37.7 Å². The lowest BCUT2D eigenvalue weighted by atomic mass is 9.80. The summed E-state index contributed by atoms with van der Waals surface area (Å²) in [4.78, 5) is 0. The van der Waals surface area contributed by atoms with Crippen molar-refractivity contribution in [1.29, 1.82) is 0 Å². The van der Waals surface area contributed by atoms with Gasteiger partial charge in [-0.3, -0.25) is 0 Å². The highest BCUT2D eigenvalue weighted by atomic mass is 79.9. The molecule has 76 valence electrons. The van der Waals surface area contributed by atoms with Crippen molar-refractivity contribution in [2.45, 2.75) is 37.7 Å². The SMILES string of the molecule is OC1(c2cccc(Br)c2)CCCCC1. The third-order valence-electron chi connectivity index (χ3n) is 3.04. The van der Waals surface area contributed by atoms with E-state index in [1.54, 1.807) is 0 Å². The van der Waals surface area contributed by atoms with Gasteiger partial charge in [0.15, 0.2) is 0 Å². The van der Waals surface area contributed by atoms with Crippen LogP contribution < -0.4 is 0 Å². The van der Waals surface area contributed by atoms with Crippen LogP contribution in [0.2, 0.25) is 0 Å². The molecule has 1 aromatic rings. The van der Waals surface area contributed by atoms with Crippen molar-refractivity contribution in [3.63, 3.8) is 0 Å². The summed E-state index contributed by atoms with van der Waals surface area (Å²) in [7, 11) is 0. The summed E-state index contributed by atoms with van der Waals surface area (Å²) in [6, 6.07) is 8.04. The first-order valence-corrected chi connectivity index (χ1v) is 5.98. The van der Waals surface area contributed by atoms with Crippen molar-refractivity contribution in [2.75, 3.05) is 0 Å². The van der Waals surface area contributed by atoms with Gasteiger partial charge in [-0.1, -0.05) is 47.3 Å². The van der Waals surface area contributed by atoms with Crippen molar-refractivity contribution in [2.24, 2.45) is 0 Å². The molecule has 0 aliphatic heterocycles. The molecule has 0 aromatic heterocycles. The predicted octanol–water partition coefficient (Wildman–Crippen LogP) is 3.60. The molecule has 0 saturated heterocycles. The van der Waals surface area contributed by atoms with E-state index in [4.69, 9.17) is 0 Å². The Morgan fingerprint density at radius 2 is 1.86 bits per heavy atom. The van der Waals surface area contributed by atoms with Crippen molar-refractivity contribution < 1.29 is 5.11 Å². The molecule has 0 radical (unpaired) electrons. The van der Waals surface area contributed by atoms with E-state index in [-0.39, 0.29) is 0 Å². The van der Waals surface area contributed by atoms with Gasteiger partial charge in [0.2, 0.25) is 0 Å². The number of aliphatic hydroxyl groups is 1. The van der Waals surface area contributed by atoms with Crippen LogP contribution in [0.4, 0.5) is 0 Å². The Hall–Kier alpha value is -0.340. The predicted molar refractivity (Wildman–Crippen MR) is 61.1 cm³/mol. The van der Waals surface area contributed by atoms with Crippen LogP contribution in [0.15, 0.2) is 28.7 Å².